The molecule has 5 aliphatic rings. The molecule has 2 nitrogen and oxygen atoms in total. The summed E-state index contributed by atoms with van der Waals surface area (Å²) >= 11 is 0. The largest absolute Gasteiger partial charge is 0.391 e. The van der Waals surface area contributed by atoms with Crippen LogP contribution in [0.3, 0.4) is 0 Å². The Labute approximate surface area is 123 Å². The van der Waals surface area contributed by atoms with Crippen LogP contribution in [0.4, 0.5) is 0 Å². The number of aliphatic hydroxyl groups excluding tert-OH is 1. The van der Waals surface area contributed by atoms with Crippen LogP contribution in [0, 0.1) is 29.1 Å². The molecule has 1 aliphatic heterocycles. The van der Waals surface area contributed by atoms with E-state index in [0.29, 0.717) is 11.5 Å². The molecule has 3 atom stereocenters. The number of β-amino-alcohol motifs (C(OH)–C–C–N with tert-alkyl or cyclic N) is 1. The average Bonchev–Trinajstić information content (AvgIpc) is 2.66. The van der Waals surface area contributed by atoms with Gasteiger partial charge in [-0.15, -0.1) is 0 Å². The first-order valence-electron chi connectivity index (χ1n) is 8.96. The summed E-state index contributed by atoms with van der Waals surface area (Å²) in [5.41, 5.74) is 0.306. The third-order valence-electron chi connectivity index (χ3n) is 7.11. The zero-order valence-electron chi connectivity index (χ0n) is 13.2. The lowest BCUT2D eigenvalue weighted by Gasteiger charge is -2.58. The fourth-order valence-electron chi connectivity index (χ4n) is 6.64. The normalized spacial score (nSPS) is 52.6. The van der Waals surface area contributed by atoms with Crippen molar-refractivity contribution in [1.82, 2.24) is 4.90 Å². The molecule has 4 saturated carbocycles. The van der Waals surface area contributed by atoms with Gasteiger partial charge in [0, 0.05) is 19.1 Å². The van der Waals surface area contributed by atoms with E-state index in [1.54, 1.807) is 0 Å². The van der Waals surface area contributed by atoms with Crippen molar-refractivity contribution in [1.29, 1.82) is 0 Å². The maximum atomic E-state index is 11.0. The molecule has 1 N–H and O–H groups in total. The van der Waals surface area contributed by atoms with E-state index < -0.39 is 0 Å². The summed E-state index contributed by atoms with van der Waals surface area (Å²) in [6.07, 6.45) is 9.67. The van der Waals surface area contributed by atoms with E-state index in [1.165, 1.54) is 51.5 Å². The van der Waals surface area contributed by atoms with Crippen LogP contribution >= 0.6 is 0 Å². The van der Waals surface area contributed by atoms with E-state index >= 15 is 0 Å². The fourth-order valence-corrected chi connectivity index (χ4v) is 6.64. The van der Waals surface area contributed by atoms with Gasteiger partial charge < -0.3 is 5.11 Å². The first-order valence-corrected chi connectivity index (χ1v) is 8.96. The Morgan fingerprint density at radius 2 is 1.55 bits per heavy atom. The van der Waals surface area contributed by atoms with Crippen LogP contribution in [0.1, 0.15) is 58.8 Å². The van der Waals surface area contributed by atoms with Crippen molar-refractivity contribution in [2.75, 3.05) is 13.1 Å². The molecule has 20 heavy (non-hydrogen) atoms. The highest BCUT2D eigenvalue weighted by atomic mass is 16.3. The third kappa shape index (κ3) is 2.14. The molecule has 4 bridgehead atoms. The number of rotatable bonds is 3. The molecule has 4 aliphatic carbocycles. The Balaban J connectivity index is 1.47. The second kappa shape index (κ2) is 4.71. The number of hydrogen-bond acceptors (Lipinski definition) is 2. The van der Waals surface area contributed by atoms with E-state index in [9.17, 15) is 5.11 Å². The summed E-state index contributed by atoms with van der Waals surface area (Å²) in [7, 11) is 0. The maximum absolute atomic E-state index is 11.0. The minimum atomic E-state index is -0.0661. The van der Waals surface area contributed by atoms with E-state index in [-0.39, 0.29) is 6.10 Å². The Bertz CT molecular complexity index is 344. The van der Waals surface area contributed by atoms with Gasteiger partial charge in [-0.1, -0.05) is 6.92 Å². The van der Waals surface area contributed by atoms with E-state index in [1.807, 2.05) is 0 Å². The van der Waals surface area contributed by atoms with Crippen LogP contribution in [0.15, 0.2) is 0 Å². The van der Waals surface area contributed by atoms with Crippen molar-refractivity contribution >= 4 is 0 Å². The Kier molecular flexibility index (Phi) is 3.20. The summed E-state index contributed by atoms with van der Waals surface area (Å²) in [4.78, 5) is 2.56. The summed E-state index contributed by atoms with van der Waals surface area (Å²) in [5, 5.41) is 11.0. The van der Waals surface area contributed by atoms with Crippen LogP contribution in [0.2, 0.25) is 0 Å². The van der Waals surface area contributed by atoms with Crippen LogP contribution in [0.5, 0.6) is 0 Å². The maximum Gasteiger partial charge on any atom is 0.0723 e. The van der Waals surface area contributed by atoms with Gasteiger partial charge in [-0.25, -0.2) is 0 Å². The van der Waals surface area contributed by atoms with Crippen molar-refractivity contribution in [3.8, 4) is 0 Å². The quantitative estimate of drug-likeness (QED) is 0.855. The van der Waals surface area contributed by atoms with E-state index in [2.05, 4.69) is 18.7 Å². The summed E-state index contributed by atoms with van der Waals surface area (Å²) in [5.74, 6) is 3.66. The fraction of sp³-hybridized carbons (Fsp3) is 1.00. The van der Waals surface area contributed by atoms with Gasteiger partial charge in [0.15, 0.2) is 0 Å². The van der Waals surface area contributed by atoms with Crippen molar-refractivity contribution < 1.29 is 5.11 Å². The Morgan fingerprint density at radius 3 is 2.00 bits per heavy atom. The molecule has 0 aromatic carbocycles. The Hall–Kier alpha value is -0.0800. The molecule has 5 fully saturated rings. The van der Waals surface area contributed by atoms with Crippen molar-refractivity contribution in [3.05, 3.63) is 0 Å². The molecule has 1 heterocycles. The van der Waals surface area contributed by atoms with Crippen molar-refractivity contribution in [3.63, 3.8) is 0 Å². The number of nitrogens with zero attached hydrogens (tertiary/aromatic N) is 1. The second-order valence-corrected chi connectivity index (χ2v) is 8.94. The minimum absolute atomic E-state index is 0.0661. The number of likely N-dealkylation sites (tertiary alicyclic amines) is 1. The van der Waals surface area contributed by atoms with Gasteiger partial charge in [0.1, 0.15) is 0 Å². The molecule has 0 amide bonds. The smallest absolute Gasteiger partial charge is 0.0723 e. The lowest BCUT2D eigenvalue weighted by Crippen LogP contribution is -2.54. The highest BCUT2D eigenvalue weighted by Gasteiger charge is 2.54. The molecule has 3 unspecified atom stereocenters. The lowest BCUT2D eigenvalue weighted by molar-refractivity contribution is -0.127. The zero-order chi connectivity index (χ0) is 13.9. The molecule has 1 saturated heterocycles. The van der Waals surface area contributed by atoms with Gasteiger partial charge in [-0.2, -0.15) is 0 Å². The van der Waals surface area contributed by atoms with Gasteiger partial charge in [-0.3, -0.25) is 4.90 Å². The van der Waals surface area contributed by atoms with Crippen molar-refractivity contribution in [2.24, 2.45) is 29.1 Å². The molecule has 2 heteroatoms. The summed E-state index contributed by atoms with van der Waals surface area (Å²) < 4.78 is 0. The Morgan fingerprint density at radius 1 is 1.00 bits per heavy atom. The van der Waals surface area contributed by atoms with Gasteiger partial charge in [0.05, 0.1) is 6.10 Å². The van der Waals surface area contributed by atoms with Gasteiger partial charge in [0.2, 0.25) is 0 Å². The molecule has 0 spiro atoms. The molecule has 0 aromatic rings. The molecule has 114 valence electrons. The molecule has 0 aromatic heterocycles. The SMILES string of the molecule is CC1CC(C)N(CC(O)C23CC4CC(CC(C4)C2)C3)C1. The van der Waals surface area contributed by atoms with E-state index in [0.717, 1.165) is 30.2 Å². The minimum Gasteiger partial charge on any atom is -0.391 e. The second-order valence-electron chi connectivity index (χ2n) is 8.94. The lowest BCUT2D eigenvalue weighted by atomic mass is 9.48. The van der Waals surface area contributed by atoms with Crippen LogP contribution in [0.25, 0.3) is 0 Å². The summed E-state index contributed by atoms with van der Waals surface area (Å²) in [6.45, 7) is 6.84. The zero-order valence-corrected chi connectivity index (χ0v) is 13.2. The molecule has 5 rings (SSSR count). The first kappa shape index (κ1) is 13.6. The van der Waals surface area contributed by atoms with Crippen LogP contribution < -0.4 is 0 Å². The van der Waals surface area contributed by atoms with E-state index in [4.69, 9.17) is 0 Å². The third-order valence-corrected chi connectivity index (χ3v) is 7.11. The number of aliphatic hydroxyl groups is 1. The standard InChI is InChI=1S/C18H31NO/c1-12-3-13(2)19(10-12)11-17(20)18-7-14-4-15(8-18)6-16(5-14)9-18/h12-17,20H,3-11H2,1-2H3. The van der Waals surface area contributed by atoms with Crippen LogP contribution in [-0.4, -0.2) is 35.2 Å². The molecular weight excluding hydrogens is 246 g/mol. The van der Waals surface area contributed by atoms with Gasteiger partial charge >= 0.3 is 0 Å². The highest BCUT2D eigenvalue weighted by Crippen LogP contribution is 2.61. The topological polar surface area (TPSA) is 23.5 Å². The highest BCUT2D eigenvalue weighted by molar-refractivity contribution is 5.05. The van der Waals surface area contributed by atoms with Gasteiger partial charge in [0.25, 0.3) is 0 Å². The van der Waals surface area contributed by atoms with Crippen molar-refractivity contribution in [2.45, 2.75) is 70.9 Å². The number of hydrogen-bond donors (Lipinski definition) is 1. The monoisotopic (exact) mass is 277 g/mol. The summed E-state index contributed by atoms with van der Waals surface area (Å²) in [6, 6.07) is 0.675. The predicted molar refractivity (Wildman–Crippen MR) is 81.4 cm³/mol. The molecule has 0 radical (unpaired) electrons. The molecular formula is C18H31NO. The predicted octanol–water partition coefficient (Wildman–Crippen LogP) is 3.29. The average molecular weight is 277 g/mol. The first-order chi connectivity index (χ1) is 9.54. The van der Waals surface area contributed by atoms with Gasteiger partial charge in [-0.05, 0) is 81.0 Å². The van der Waals surface area contributed by atoms with Crippen LogP contribution in [-0.2, 0) is 0 Å².